The van der Waals surface area contributed by atoms with Crippen molar-refractivity contribution in [2.24, 2.45) is 0 Å². The first-order valence-corrected chi connectivity index (χ1v) is 11.9. The smallest absolute Gasteiger partial charge is 0.229 e. The summed E-state index contributed by atoms with van der Waals surface area (Å²) in [6.07, 6.45) is -5.17. The van der Waals surface area contributed by atoms with Crippen molar-refractivity contribution < 1.29 is 49.3 Å². The molecular formula is C27H30O11. The zero-order valence-corrected chi connectivity index (χ0v) is 21.0. The number of fused-ring (bicyclic) bond motifs is 1. The van der Waals surface area contributed by atoms with E-state index in [1.807, 2.05) is 19.9 Å². The first kappa shape index (κ1) is 27.4. The molecule has 11 nitrogen and oxygen atoms in total. The van der Waals surface area contributed by atoms with Gasteiger partial charge in [-0.25, -0.2) is 0 Å². The summed E-state index contributed by atoms with van der Waals surface area (Å²) in [5.41, 5.74) is 1.47. The Bertz CT molecular complexity index is 1380. The molecule has 0 bridgehead atoms. The number of aromatic hydroxyl groups is 2. The van der Waals surface area contributed by atoms with Crippen molar-refractivity contribution in [3.63, 3.8) is 0 Å². The molecule has 2 heterocycles. The van der Waals surface area contributed by atoms with Crippen LogP contribution in [0.4, 0.5) is 0 Å². The van der Waals surface area contributed by atoms with Crippen molar-refractivity contribution in [2.75, 3.05) is 13.7 Å². The van der Waals surface area contributed by atoms with Crippen LogP contribution in [0.2, 0.25) is 0 Å². The fourth-order valence-corrected chi connectivity index (χ4v) is 4.19. The molecule has 11 heteroatoms. The van der Waals surface area contributed by atoms with Gasteiger partial charge in [-0.2, -0.15) is 0 Å². The molecule has 2 aromatic carbocycles. The number of aliphatic hydroxyl groups is 4. The topological polar surface area (TPSA) is 179 Å². The molecule has 204 valence electrons. The number of methoxy groups -OCH3 is 1. The summed E-state index contributed by atoms with van der Waals surface area (Å²) in [6.45, 7) is 3.19. The average molecular weight is 531 g/mol. The van der Waals surface area contributed by atoms with Gasteiger partial charge in [0.25, 0.3) is 0 Å². The maximum absolute atomic E-state index is 13.1. The first-order chi connectivity index (χ1) is 18.0. The number of phenols is 2. The Morgan fingerprint density at radius 1 is 1.00 bits per heavy atom. The minimum absolute atomic E-state index is 0.0478. The van der Waals surface area contributed by atoms with Gasteiger partial charge in [0.2, 0.25) is 12.0 Å². The lowest BCUT2D eigenvalue weighted by Gasteiger charge is -2.39. The Hall–Kier alpha value is -3.61. The number of ether oxygens (including phenoxy) is 3. The number of hydrogen-bond donors (Lipinski definition) is 6. The minimum Gasteiger partial charge on any atom is -0.504 e. The molecule has 0 radical (unpaired) electrons. The normalized spacial score (nSPS) is 23.3. The van der Waals surface area contributed by atoms with E-state index in [2.05, 4.69) is 0 Å². The van der Waals surface area contributed by atoms with E-state index in [0.29, 0.717) is 12.0 Å². The highest BCUT2D eigenvalue weighted by Crippen LogP contribution is 2.40. The third-order valence-electron chi connectivity index (χ3n) is 6.27. The van der Waals surface area contributed by atoms with Crippen molar-refractivity contribution in [1.82, 2.24) is 0 Å². The quantitative estimate of drug-likeness (QED) is 0.244. The molecule has 6 N–H and O–H groups in total. The largest absolute Gasteiger partial charge is 0.504 e. The second-order valence-corrected chi connectivity index (χ2v) is 9.28. The highest BCUT2D eigenvalue weighted by Gasteiger charge is 2.45. The number of aliphatic hydroxyl groups excluding tert-OH is 4. The van der Waals surface area contributed by atoms with Crippen LogP contribution in [0.5, 0.6) is 23.0 Å². The van der Waals surface area contributed by atoms with Gasteiger partial charge in [0, 0.05) is 17.7 Å². The molecule has 0 saturated carbocycles. The summed E-state index contributed by atoms with van der Waals surface area (Å²) in [7, 11) is 1.29. The van der Waals surface area contributed by atoms with E-state index < -0.39 is 42.7 Å². The Morgan fingerprint density at radius 3 is 2.29 bits per heavy atom. The van der Waals surface area contributed by atoms with Gasteiger partial charge in [0.05, 0.1) is 19.1 Å². The van der Waals surface area contributed by atoms with Crippen LogP contribution in [0.1, 0.15) is 19.4 Å². The molecule has 3 aromatic rings. The molecular weight excluding hydrogens is 500 g/mol. The Balaban J connectivity index is 1.81. The van der Waals surface area contributed by atoms with Crippen molar-refractivity contribution in [3.05, 3.63) is 57.8 Å². The van der Waals surface area contributed by atoms with Gasteiger partial charge in [0.1, 0.15) is 41.5 Å². The fourth-order valence-electron chi connectivity index (χ4n) is 4.19. The number of phenolic OH excluding ortho intramolecular Hbond substituents is 2. The molecule has 5 unspecified atom stereocenters. The van der Waals surface area contributed by atoms with E-state index in [9.17, 15) is 35.4 Å². The predicted molar refractivity (Wildman–Crippen MR) is 135 cm³/mol. The zero-order valence-electron chi connectivity index (χ0n) is 21.0. The van der Waals surface area contributed by atoms with Crippen molar-refractivity contribution in [3.8, 4) is 34.3 Å². The fraction of sp³-hybridized carbons (Fsp3) is 0.370. The molecule has 38 heavy (non-hydrogen) atoms. The summed E-state index contributed by atoms with van der Waals surface area (Å²) >= 11 is 0. The van der Waals surface area contributed by atoms with Gasteiger partial charge in [0.15, 0.2) is 16.9 Å². The Kier molecular flexibility index (Phi) is 7.95. The van der Waals surface area contributed by atoms with Crippen molar-refractivity contribution >= 4 is 11.0 Å². The zero-order chi connectivity index (χ0) is 27.7. The monoisotopic (exact) mass is 530 g/mol. The van der Waals surface area contributed by atoms with Crippen LogP contribution in [0, 0.1) is 0 Å². The molecule has 1 aliphatic heterocycles. The van der Waals surface area contributed by atoms with Gasteiger partial charge in [-0.3, -0.25) is 4.79 Å². The number of hydrogen-bond acceptors (Lipinski definition) is 11. The van der Waals surface area contributed by atoms with E-state index >= 15 is 0 Å². The van der Waals surface area contributed by atoms with E-state index in [-0.39, 0.29) is 45.3 Å². The number of benzene rings is 2. The molecule has 1 aliphatic rings. The molecule has 0 aliphatic carbocycles. The van der Waals surface area contributed by atoms with E-state index in [1.54, 1.807) is 6.07 Å². The summed E-state index contributed by atoms with van der Waals surface area (Å²) in [6, 6.07) is 6.78. The van der Waals surface area contributed by atoms with Crippen LogP contribution >= 0.6 is 0 Å². The van der Waals surface area contributed by atoms with Crippen molar-refractivity contribution in [1.29, 1.82) is 0 Å². The highest BCUT2D eigenvalue weighted by atomic mass is 16.7. The van der Waals surface area contributed by atoms with Gasteiger partial charge < -0.3 is 49.3 Å². The van der Waals surface area contributed by atoms with E-state index in [4.69, 9.17) is 18.6 Å². The Morgan fingerprint density at radius 2 is 1.68 bits per heavy atom. The molecule has 1 saturated heterocycles. The lowest BCUT2D eigenvalue weighted by molar-refractivity contribution is -0.277. The molecule has 1 aromatic heterocycles. The lowest BCUT2D eigenvalue weighted by Crippen LogP contribution is -2.60. The lowest BCUT2D eigenvalue weighted by atomic mass is 9.99. The highest BCUT2D eigenvalue weighted by molar-refractivity contribution is 5.82. The Labute approximate surface area is 217 Å². The molecule has 1 fully saturated rings. The summed E-state index contributed by atoms with van der Waals surface area (Å²) in [5.74, 6) is -0.620. The minimum atomic E-state index is -1.64. The average Bonchev–Trinajstić information content (AvgIpc) is 2.87. The van der Waals surface area contributed by atoms with Gasteiger partial charge in [-0.1, -0.05) is 11.6 Å². The van der Waals surface area contributed by atoms with E-state index in [0.717, 1.165) is 5.57 Å². The second-order valence-electron chi connectivity index (χ2n) is 9.28. The van der Waals surface area contributed by atoms with Crippen LogP contribution in [-0.4, -0.2) is 75.1 Å². The van der Waals surface area contributed by atoms with Crippen LogP contribution in [0.25, 0.3) is 22.3 Å². The number of allylic oxidation sites excluding steroid dienone is 2. The SMILES string of the molecule is COc1c(O)cc(-c2cc(=O)c3cc(CC=C(C)C)c(OC4OC(CO)C(O)C(O)C4O)cc3o2)cc1O. The third-order valence-corrected chi connectivity index (χ3v) is 6.27. The summed E-state index contributed by atoms with van der Waals surface area (Å²) < 4.78 is 22.3. The molecule has 5 atom stereocenters. The second kappa shape index (κ2) is 11.0. The van der Waals surface area contributed by atoms with Crippen LogP contribution in [0.15, 0.2) is 51.2 Å². The summed E-state index contributed by atoms with van der Waals surface area (Å²) in [5, 5.41) is 60.7. The molecule has 0 amide bonds. The third kappa shape index (κ3) is 5.33. The first-order valence-electron chi connectivity index (χ1n) is 11.9. The van der Waals surface area contributed by atoms with Gasteiger partial charge in [-0.15, -0.1) is 0 Å². The maximum atomic E-state index is 13.1. The maximum Gasteiger partial charge on any atom is 0.229 e. The predicted octanol–water partition coefficient (Wildman–Crippen LogP) is 1.57. The summed E-state index contributed by atoms with van der Waals surface area (Å²) in [4.78, 5) is 13.1. The van der Waals surface area contributed by atoms with Gasteiger partial charge >= 0.3 is 0 Å². The van der Waals surface area contributed by atoms with Crippen LogP contribution in [0.3, 0.4) is 0 Å². The van der Waals surface area contributed by atoms with Crippen molar-refractivity contribution in [2.45, 2.75) is 51.0 Å². The standard InChI is InChI=1S/C27H30O11/c1-12(2)4-5-13-6-15-16(29)9-19(14-7-17(30)26(35-3)18(31)8-14)36-21(15)10-20(13)37-27-25(34)24(33)23(32)22(11-28)38-27/h4,6-10,22-25,27-28,30-34H,5,11H2,1-3H3. The van der Waals surface area contributed by atoms with Crippen LogP contribution < -0.4 is 14.9 Å². The number of rotatable bonds is 7. The molecule has 0 spiro atoms. The molecule has 4 rings (SSSR count). The van der Waals surface area contributed by atoms with Crippen LogP contribution in [-0.2, 0) is 11.2 Å². The van der Waals surface area contributed by atoms with Gasteiger partial charge in [-0.05, 0) is 44.0 Å². The van der Waals surface area contributed by atoms with E-state index in [1.165, 1.54) is 31.4 Å².